The third-order valence-electron chi connectivity index (χ3n) is 4.53. The Hall–Kier alpha value is -4.08. The minimum Gasteiger partial charge on any atom is -0.467 e. The SMILES string of the molecule is O=C1C(Nc2cccc(OC(F)(F)F)c2)=C(c2ccc(F)cc2)C(=O)N1Cc1ccco1. The van der Waals surface area contributed by atoms with Crippen molar-refractivity contribution in [3.63, 3.8) is 0 Å². The number of benzene rings is 2. The standard InChI is InChI=1S/C22H14F4N2O4/c23-14-8-6-13(7-9-14)18-19(21(30)28(20(18)29)12-17-5-2-10-31-17)27-15-3-1-4-16(11-15)32-22(24,25)26/h1-11,27H,12H2. The van der Waals surface area contributed by atoms with Gasteiger partial charge in [-0.25, -0.2) is 4.39 Å². The number of anilines is 1. The van der Waals surface area contributed by atoms with Crippen LogP contribution in [0.2, 0.25) is 0 Å². The second-order valence-electron chi connectivity index (χ2n) is 6.73. The van der Waals surface area contributed by atoms with E-state index in [4.69, 9.17) is 4.42 Å². The maximum atomic E-state index is 13.4. The van der Waals surface area contributed by atoms with Crippen LogP contribution in [0.15, 0.2) is 77.0 Å². The highest BCUT2D eigenvalue weighted by Crippen LogP contribution is 2.33. The monoisotopic (exact) mass is 446 g/mol. The summed E-state index contributed by atoms with van der Waals surface area (Å²) in [5.74, 6) is -2.07. The molecule has 0 aliphatic carbocycles. The van der Waals surface area contributed by atoms with Gasteiger partial charge in [-0.2, -0.15) is 0 Å². The summed E-state index contributed by atoms with van der Waals surface area (Å²) in [4.78, 5) is 27.1. The van der Waals surface area contributed by atoms with Crippen molar-refractivity contribution < 1.29 is 36.3 Å². The Labute approximate surface area is 178 Å². The summed E-state index contributed by atoms with van der Waals surface area (Å²) in [7, 11) is 0. The summed E-state index contributed by atoms with van der Waals surface area (Å²) >= 11 is 0. The van der Waals surface area contributed by atoms with Crippen LogP contribution in [0.1, 0.15) is 11.3 Å². The quantitative estimate of drug-likeness (QED) is 0.439. The van der Waals surface area contributed by atoms with Crippen molar-refractivity contribution in [2.75, 3.05) is 5.32 Å². The van der Waals surface area contributed by atoms with Crippen molar-refractivity contribution >= 4 is 23.1 Å². The fourth-order valence-electron chi connectivity index (χ4n) is 3.19. The van der Waals surface area contributed by atoms with Gasteiger partial charge in [0.05, 0.1) is 18.4 Å². The van der Waals surface area contributed by atoms with Crippen LogP contribution in [0.5, 0.6) is 5.75 Å². The van der Waals surface area contributed by atoms with E-state index in [1.54, 1.807) is 12.1 Å². The molecule has 10 heteroatoms. The molecule has 6 nitrogen and oxygen atoms in total. The number of nitrogens with one attached hydrogen (secondary N) is 1. The molecule has 1 N–H and O–H groups in total. The first-order valence-electron chi connectivity index (χ1n) is 9.23. The lowest BCUT2D eigenvalue weighted by molar-refractivity contribution is -0.274. The molecular weight excluding hydrogens is 432 g/mol. The van der Waals surface area contributed by atoms with Crippen molar-refractivity contribution in [2.45, 2.75) is 12.9 Å². The molecule has 4 rings (SSSR count). The molecule has 2 amide bonds. The third-order valence-corrected chi connectivity index (χ3v) is 4.53. The molecule has 0 bridgehead atoms. The minimum atomic E-state index is -4.89. The number of hydrogen-bond acceptors (Lipinski definition) is 5. The average molecular weight is 446 g/mol. The molecule has 0 spiro atoms. The van der Waals surface area contributed by atoms with Crippen molar-refractivity contribution in [3.05, 3.63) is 89.8 Å². The second-order valence-corrected chi connectivity index (χ2v) is 6.73. The fourth-order valence-corrected chi connectivity index (χ4v) is 3.19. The molecule has 1 aliphatic heterocycles. The summed E-state index contributed by atoms with van der Waals surface area (Å²) in [5.41, 5.74) is 0.125. The van der Waals surface area contributed by atoms with Gasteiger partial charge in [0.2, 0.25) is 0 Å². The number of ether oxygens (including phenoxy) is 1. The Bertz CT molecular complexity index is 1190. The Kier molecular flexibility index (Phi) is 5.43. The summed E-state index contributed by atoms with van der Waals surface area (Å²) < 4.78 is 60.1. The number of alkyl halides is 3. The summed E-state index contributed by atoms with van der Waals surface area (Å²) in [6, 6.07) is 12.9. The van der Waals surface area contributed by atoms with E-state index in [1.807, 2.05) is 0 Å². The fraction of sp³-hybridized carbons (Fsp3) is 0.0909. The zero-order valence-electron chi connectivity index (χ0n) is 16.2. The molecular formula is C22H14F4N2O4. The molecule has 1 aliphatic rings. The van der Waals surface area contributed by atoms with Gasteiger partial charge in [0, 0.05) is 11.8 Å². The maximum absolute atomic E-state index is 13.4. The van der Waals surface area contributed by atoms with Crippen molar-refractivity contribution in [3.8, 4) is 5.75 Å². The molecule has 0 fully saturated rings. The topological polar surface area (TPSA) is 71.8 Å². The number of carbonyl (C=O) groups is 2. The normalized spacial score (nSPS) is 14.3. The highest BCUT2D eigenvalue weighted by atomic mass is 19.4. The number of hydrogen-bond donors (Lipinski definition) is 1. The third kappa shape index (κ3) is 4.48. The van der Waals surface area contributed by atoms with Gasteiger partial charge in [0.25, 0.3) is 11.8 Å². The Morgan fingerprint density at radius 1 is 0.969 bits per heavy atom. The lowest BCUT2D eigenvalue weighted by Gasteiger charge is -2.14. The van der Waals surface area contributed by atoms with Crippen LogP contribution in [0.3, 0.4) is 0 Å². The van der Waals surface area contributed by atoms with E-state index in [9.17, 15) is 27.2 Å². The number of halogens is 4. The highest BCUT2D eigenvalue weighted by molar-refractivity contribution is 6.36. The van der Waals surface area contributed by atoms with E-state index < -0.39 is 29.7 Å². The average Bonchev–Trinajstić information content (AvgIpc) is 3.31. The van der Waals surface area contributed by atoms with Gasteiger partial charge >= 0.3 is 6.36 Å². The molecule has 2 aromatic carbocycles. The lowest BCUT2D eigenvalue weighted by Crippen LogP contribution is -2.31. The van der Waals surface area contributed by atoms with Gasteiger partial charge in [0.1, 0.15) is 23.0 Å². The van der Waals surface area contributed by atoms with Crippen LogP contribution in [0, 0.1) is 5.82 Å². The minimum absolute atomic E-state index is 0.0521. The zero-order chi connectivity index (χ0) is 22.9. The van der Waals surface area contributed by atoms with Crippen LogP contribution in [-0.2, 0) is 16.1 Å². The van der Waals surface area contributed by atoms with Crippen LogP contribution >= 0.6 is 0 Å². The molecule has 164 valence electrons. The second kappa shape index (κ2) is 8.22. The Morgan fingerprint density at radius 3 is 2.38 bits per heavy atom. The molecule has 0 radical (unpaired) electrons. The van der Waals surface area contributed by atoms with E-state index >= 15 is 0 Å². The molecule has 0 atom stereocenters. The Morgan fingerprint density at radius 2 is 1.72 bits per heavy atom. The molecule has 0 saturated carbocycles. The number of imide groups is 1. The molecule has 1 aromatic heterocycles. The van der Waals surface area contributed by atoms with Gasteiger partial charge in [-0.05, 0) is 42.0 Å². The van der Waals surface area contributed by atoms with Gasteiger partial charge in [-0.3, -0.25) is 14.5 Å². The van der Waals surface area contributed by atoms with Gasteiger partial charge in [-0.15, -0.1) is 13.2 Å². The largest absolute Gasteiger partial charge is 0.573 e. The predicted molar refractivity (Wildman–Crippen MR) is 104 cm³/mol. The van der Waals surface area contributed by atoms with E-state index in [2.05, 4.69) is 10.1 Å². The van der Waals surface area contributed by atoms with Crippen molar-refractivity contribution in [2.24, 2.45) is 0 Å². The van der Waals surface area contributed by atoms with Gasteiger partial charge < -0.3 is 14.5 Å². The summed E-state index contributed by atoms with van der Waals surface area (Å²) in [6.45, 7) is -0.155. The first-order valence-corrected chi connectivity index (χ1v) is 9.23. The molecule has 0 saturated heterocycles. The molecule has 3 aromatic rings. The molecule has 0 unspecified atom stereocenters. The smallest absolute Gasteiger partial charge is 0.467 e. The van der Waals surface area contributed by atoms with Crippen LogP contribution in [-0.4, -0.2) is 23.1 Å². The van der Waals surface area contributed by atoms with Gasteiger partial charge in [0.15, 0.2) is 0 Å². The van der Waals surface area contributed by atoms with Gasteiger partial charge in [-0.1, -0.05) is 18.2 Å². The Balaban J connectivity index is 1.71. The number of carbonyl (C=O) groups excluding carboxylic acids is 2. The number of amides is 2. The zero-order valence-corrected chi connectivity index (χ0v) is 16.2. The van der Waals surface area contributed by atoms with Crippen molar-refractivity contribution in [1.29, 1.82) is 0 Å². The number of nitrogens with zero attached hydrogens (tertiary/aromatic N) is 1. The van der Waals surface area contributed by atoms with Crippen molar-refractivity contribution in [1.82, 2.24) is 4.90 Å². The summed E-state index contributed by atoms with van der Waals surface area (Å²) in [6.07, 6.45) is -3.50. The number of furan rings is 1. The van der Waals surface area contributed by atoms with E-state index in [-0.39, 0.29) is 29.1 Å². The molecule has 32 heavy (non-hydrogen) atoms. The molecule has 2 heterocycles. The predicted octanol–water partition coefficient (Wildman–Crippen LogP) is 4.71. The maximum Gasteiger partial charge on any atom is 0.573 e. The van der Waals surface area contributed by atoms with Crippen LogP contribution in [0.25, 0.3) is 5.57 Å². The van der Waals surface area contributed by atoms with Crippen LogP contribution in [0.4, 0.5) is 23.2 Å². The summed E-state index contributed by atoms with van der Waals surface area (Å²) in [5, 5.41) is 2.72. The van der Waals surface area contributed by atoms with E-state index in [1.165, 1.54) is 30.5 Å². The number of rotatable bonds is 6. The first-order chi connectivity index (χ1) is 15.2. The van der Waals surface area contributed by atoms with E-state index in [0.717, 1.165) is 29.2 Å². The van der Waals surface area contributed by atoms with E-state index in [0.29, 0.717) is 5.76 Å². The first kappa shape index (κ1) is 21.2. The van der Waals surface area contributed by atoms with Crippen LogP contribution < -0.4 is 10.1 Å². The highest BCUT2D eigenvalue weighted by Gasteiger charge is 2.39. The lowest BCUT2D eigenvalue weighted by atomic mass is 10.0.